The highest BCUT2D eigenvalue weighted by molar-refractivity contribution is 5.89. The van der Waals surface area contributed by atoms with E-state index in [2.05, 4.69) is 0 Å². The molecule has 1 heterocycles. The first-order valence-electron chi connectivity index (χ1n) is 14.4. The van der Waals surface area contributed by atoms with E-state index < -0.39 is 89.1 Å². The van der Waals surface area contributed by atoms with Gasteiger partial charge in [-0.25, -0.2) is 4.79 Å². The van der Waals surface area contributed by atoms with Crippen LogP contribution >= 0.6 is 0 Å². The van der Waals surface area contributed by atoms with E-state index in [4.69, 9.17) is 18.9 Å². The van der Waals surface area contributed by atoms with Crippen molar-refractivity contribution in [2.45, 2.75) is 95.3 Å². The van der Waals surface area contributed by atoms with Crippen LogP contribution in [-0.4, -0.2) is 104 Å². The molecule has 3 aliphatic carbocycles. The van der Waals surface area contributed by atoms with E-state index in [-0.39, 0.29) is 36.2 Å². The summed E-state index contributed by atoms with van der Waals surface area (Å²) >= 11 is 0. The summed E-state index contributed by atoms with van der Waals surface area (Å²) in [6.07, 6.45) is -9.39. The summed E-state index contributed by atoms with van der Waals surface area (Å²) < 4.78 is 23.6. The fraction of sp³-hybridized carbons (Fsp3) is 0.645. The Kier molecular flexibility index (Phi) is 7.81. The molecule has 1 saturated heterocycles. The number of carbonyl (C=O) groups is 3. The third-order valence-corrected chi connectivity index (χ3v) is 10.3. The second kappa shape index (κ2) is 10.6. The van der Waals surface area contributed by atoms with Crippen molar-refractivity contribution in [1.29, 1.82) is 0 Å². The van der Waals surface area contributed by atoms with E-state index in [1.165, 1.54) is 32.9 Å². The molecule has 3 fully saturated rings. The highest BCUT2D eigenvalue weighted by Gasteiger charge is 2.80. The lowest BCUT2D eigenvalue weighted by molar-refractivity contribution is -0.358. The second-order valence-electron chi connectivity index (χ2n) is 12.9. The first kappa shape index (κ1) is 31.6. The van der Waals surface area contributed by atoms with Crippen LogP contribution in [0.25, 0.3) is 0 Å². The minimum absolute atomic E-state index is 0.0319. The first-order chi connectivity index (χ1) is 20.0. The van der Waals surface area contributed by atoms with Gasteiger partial charge < -0.3 is 44.5 Å². The number of carbonyl (C=O) groups excluding carboxylic acids is 3. The van der Waals surface area contributed by atoms with Gasteiger partial charge in [-0.2, -0.15) is 0 Å². The van der Waals surface area contributed by atoms with Crippen molar-refractivity contribution in [3.05, 3.63) is 47.0 Å². The van der Waals surface area contributed by atoms with Gasteiger partial charge in [-0.05, 0) is 50.5 Å². The summed E-state index contributed by atoms with van der Waals surface area (Å²) in [6.45, 7) is 5.84. The van der Waals surface area contributed by atoms with Crippen molar-refractivity contribution in [1.82, 2.24) is 0 Å². The Hall–Kier alpha value is -2.87. The zero-order valence-corrected chi connectivity index (χ0v) is 24.9. The molecular weight excluding hydrogens is 564 g/mol. The number of rotatable bonds is 6. The molecule has 5 N–H and O–H groups in total. The van der Waals surface area contributed by atoms with Gasteiger partial charge in [0, 0.05) is 20.3 Å². The molecule has 43 heavy (non-hydrogen) atoms. The maximum absolute atomic E-state index is 13.9. The van der Waals surface area contributed by atoms with E-state index in [0.29, 0.717) is 0 Å². The molecule has 1 aromatic carbocycles. The van der Waals surface area contributed by atoms with Crippen LogP contribution in [0, 0.1) is 16.7 Å². The largest absolute Gasteiger partial charge is 0.465 e. The van der Waals surface area contributed by atoms with Gasteiger partial charge in [-0.3, -0.25) is 9.59 Å². The van der Waals surface area contributed by atoms with E-state index in [1.807, 2.05) is 0 Å². The quantitative estimate of drug-likeness (QED) is 0.171. The minimum atomic E-state index is -2.00. The lowest BCUT2D eigenvalue weighted by Crippen LogP contribution is -2.80. The van der Waals surface area contributed by atoms with Gasteiger partial charge in [-0.15, -0.1) is 0 Å². The monoisotopic (exact) mass is 604 g/mol. The molecular formula is C31H40O12. The van der Waals surface area contributed by atoms with Crippen LogP contribution in [-0.2, 0) is 28.5 Å². The van der Waals surface area contributed by atoms with Crippen LogP contribution in [0.1, 0.15) is 57.8 Å². The number of hydrogen-bond donors (Lipinski definition) is 5. The predicted octanol–water partition coefficient (Wildman–Crippen LogP) is 0.417. The third kappa shape index (κ3) is 4.45. The van der Waals surface area contributed by atoms with Crippen molar-refractivity contribution in [2.75, 3.05) is 13.2 Å². The number of aliphatic hydroxyl groups is 5. The fourth-order valence-corrected chi connectivity index (χ4v) is 8.31. The summed E-state index contributed by atoms with van der Waals surface area (Å²) in [5.74, 6) is -3.73. The molecule has 6 unspecified atom stereocenters. The van der Waals surface area contributed by atoms with Crippen molar-refractivity contribution in [3.63, 3.8) is 0 Å². The Balaban J connectivity index is 1.88. The number of esters is 3. The second-order valence-corrected chi connectivity index (χ2v) is 12.9. The average molecular weight is 605 g/mol. The molecule has 0 spiro atoms. The Bertz CT molecular complexity index is 1320. The molecule has 5 rings (SSSR count). The van der Waals surface area contributed by atoms with Gasteiger partial charge in [0.05, 0.1) is 52.8 Å². The highest BCUT2D eigenvalue weighted by Crippen LogP contribution is 2.67. The normalized spacial score (nSPS) is 40.3. The summed E-state index contributed by atoms with van der Waals surface area (Å²) in [6, 6.07) is 8.00. The lowest BCUT2D eigenvalue weighted by atomic mass is 9.49. The summed E-state index contributed by atoms with van der Waals surface area (Å²) in [5, 5.41) is 59.2. The van der Waals surface area contributed by atoms with Crippen molar-refractivity contribution < 1.29 is 58.9 Å². The van der Waals surface area contributed by atoms with Gasteiger partial charge in [-0.1, -0.05) is 18.2 Å². The highest BCUT2D eigenvalue weighted by atomic mass is 16.6. The maximum Gasteiger partial charge on any atom is 0.338 e. The first-order valence-corrected chi connectivity index (χ1v) is 14.4. The molecule has 12 heteroatoms. The van der Waals surface area contributed by atoms with E-state index in [9.17, 15) is 39.9 Å². The molecule has 10 atom stereocenters. The SMILES string of the molecule is CC(=O)OC[C@@]12C(O)CC3OC[C@@]3(OC(C)=O)[C@@H]1C(OC(=O)c1ccccc1)[C@]1(C(C)(C)O)CC(O)C(C)=C1C(O)C2O. The van der Waals surface area contributed by atoms with Crippen LogP contribution in [0.2, 0.25) is 0 Å². The molecule has 0 radical (unpaired) electrons. The molecule has 12 nitrogen and oxygen atoms in total. The van der Waals surface area contributed by atoms with Crippen LogP contribution in [0.3, 0.4) is 0 Å². The number of fused-ring (bicyclic) bond motifs is 4. The summed E-state index contributed by atoms with van der Waals surface area (Å²) in [5.41, 5.74) is -6.86. The molecule has 0 bridgehead atoms. The van der Waals surface area contributed by atoms with Gasteiger partial charge in [0.2, 0.25) is 0 Å². The minimum Gasteiger partial charge on any atom is -0.465 e. The molecule has 236 valence electrons. The Morgan fingerprint density at radius 3 is 2.23 bits per heavy atom. The number of benzene rings is 1. The van der Waals surface area contributed by atoms with Crippen LogP contribution in [0.15, 0.2) is 41.5 Å². The van der Waals surface area contributed by atoms with Crippen molar-refractivity contribution >= 4 is 17.9 Å². The van der Waals surface area contributed by atoms with E-state index in [0.717, 1.165) is 6.92 Å². The predicted molar refractivity (Wildman–Crippen MR) is 147 cm³/mol. The van der Waals surface area contributed by atoms with Crippen LogP contribution < -0.4 is 0 Å². The van der Waals surface area contributed by atoms with Crippen molar-refractivity contribution in [3.8, 4) is 0 Å². The maximum atomic E-state index is 13.9. The fourth-order valence-electron chi connectivity index (χ4n) is 8.31. The molecule has 2 saturated carbocycles. The van der Waals surface area contributed by atoms with Crippen LogP contribution in [0.4, 0.5) is 0 Å². The molecule has 0 amide bonds. The molecule has 0 aromatic heterocycles. The lowest BCUT2D eigenvalue weighted by Gasteiger charge is -2.65. The average Bonchev–Trinajstić information content (AvgIpc) is 3.17. The van der Waals surface area contributed by atoms with Gasteiger partial charge >= 0.3 is 17.9 Å². The number of ether oxygens (including phenoxy) is 4. The zero-order valence-electron chi connectivity index (χ0n) is 24.9. The van der Waals surface area contributed by atoms with Crippen LogP contribution in [0.5, 0.6) is 0 Å². The molecule has 1 aromatic rings. The Morgan fingerprint density at radius 1 is 1.05 bits per heavy atom. The number of aliphatic hydroxyl groups excluding tert-OH is 4. The Labute approximate surface area is 249 Å². The summed E-state index contributed by atoms with van der Waals surface area (Å²) in [4.78, 5) is 38.7. The van der Waals surface area contributed by atoms with E-state index in [1.54, 1.807) is 25.1 Å². The summed E-state index contributed by atoms with van der Waals surface area (Å²) in [7, 11) is 0. The third-order valence-electron chi connectivity index (χ3n) is 10.3. The number of hydrogen-bond acceptors (Lipinski definition) is 12. The zero-order chi connectivity index (χ0) is 31.7. The van der Waals surface area contributed by atoms with Gasteiger partial charge in [0.1, 0.15) is 24.9 Å². The standard InChI is InChI=1S/C31H40O12/c1-15-19(34)12-30(28(4,5)39)22(15)23(36)25(37)29(13-40-16(2)32)20(35)11-21-31(14-41-21,43-17(3)33)24(29)26(30)42-27(38)18-9-7-6-8-10-18/h6-10,19-21,23-26,34-37,39H,11-14H2,1-5H3/t19?,20?,21?,23?,24-,25?,26?,29-,30+,31+/m1/s1. The Morgan fingerprint density at radius 2 is 1.70 bits per heavy atom. The smallest absolute Gasteiger partial charge is 0.338 e. The molecule has 1 aliphatic heterocycles. The van der Waals surface area contributed by atoms with Gasteiger partial charge in [0.15, 0.2) is 5.60 Å². The van der Waals surface area contributed by atoms with E-state index >= 15 is 0 Å². The van der Waals surface area contributed by atoms with Gasteiger partial charge in [0.25, 0.3) is 0 Å². The molecule has 4 aliphatic rings. The van der Waals surface area contributed by atoms with Crippen molar-refractivity contribution in [2.24, 2.45) is 16.7 Å². The topological polar surface area (TPSA) is 189 Å².